The van der Waals surface area contributed by atoms with Crippen LogP contribution >= 0.6 is 11.8 Å². The molecule has 2 rings (SSSR count). The van der Waals surface area contributed by atoms with E-state index in [1.165, 1.54) is 18.2 Å². The van der Waals surface area contributed by atoms with Gasteiger partial charge in [0.1, 0.15) is 22.5 Å². The maximum Gasteiger partial charge on any atom is 0.233 e. The van der Waals surface area contributed by atoms with Gasteiger partial charge in [0.2, 0.25) is 5.91 Å². The number of likely N-dealkylation sites (tertiary alicyclic amines) is 1. The first-order valence-corrected chi connectivity index (χ1v) is 8.62. The molecule has 1 aromatic heterocycles. The van der Waals surface area contributed by atoms with Gasteiger partial charge in [-0.1, -0.05) is 11.8 Å². The molecular weight excluding hydrogens is 296 g/mol. The van der Waals surface area contributed by atoms with Gasteiger partial charge in [-0.25, -0.2) is 9.97 Å². The number of nitrogens with zero attached hydrogens (tertiary/aromatic N) is 4. The number of carbonyl (C=O) groups excluding carboxylic acids is 1. The SMILES string of the molecule is Cc1nc(C)c(C#N)c(SCC(=O)N2C(C)CCCC2C)n1. The van der Waals surface area contributed by atoms with Crippen LogP contribution in [-0.4, -0.2) is 38.6 Å². The number of aryl methyl sites for hydroxylation is 2. The van der Waals surface area contributed by atoms with Crippen molar-refractivity contribution < 1.29 is 4.79 Å². The van der Waals surface area contributed by atoms with Crippen molar-refractivity contribution in [1.82, 2.24) is 14.9 Å². The minimum atomic E-state index is 0.127. The summed E-state index contributed by atoms with van der Waals surface area (Å²) in [5, 5.41) is 9.86. The summed E-state index contributed by atoms with van der Waals surface area (Å²) < 4.78 is 0. The fourth-order valence-corrected chi connectivity index (χ4v) is 3.98. The second kappa shape index (κ2) is 7.10. The Labute approximate surface area is 136 Å². The summed E-state index contributed by atoms with van der Waals surface area (Å²) in [7, 11) is 0. The van der Waals surface area contributed by atoms with E-state index in [-0.39, 0.29) is 5.91 Å². The van der Waals surface area contributed by atoms with Crippen molar-refractivity contribution in [2.75, 3.05) is 5.75 Å². The van der Waals surface area contributed by atoms with Crippen molar-refractivity contribution in [3.63, 3.8) is 0 Å². The molecule has 22 heavy (non-hydrogen) atoms. The highest BCUT2D eigenvalue weighted by Gasteiger charge is 2.29. The normalized spacial score (nSPS) is 21.5. The molecule has 0 bridgehead atoms. The molecule has 0 N–H and O–H groups in total. The maximum absolute atomic E-state index is 12.5. The van der Waals surface area contributed by atoms with Gasteiger partial charge in [0, 0.05) is 12.1 Å². The van der Waals surface area contributed by atoms with Crippen LogP contribution in [0, 0.1) is 25.2 Å². The van der Waals surface area contributed by atoms with Gasteiger partial charge in [-0.3, -0.25) is 4.79 Å². The van der Waals surface area contributed by atoms with Gasteiger partial charge in [0.05, 0.1) is 11.4 Å². The predicted molar refractivity (Wildman–Crippen MR) is 86.6 cm³/mol. The van der Waals surface area contributed by atoms with Crippen LogP contribution in [0.1, 0.15) is 50.2 Å². The quantitative estimate of drug-likeness (QED) is 0.633. The van der Waals surface area contributed by atoms with Gasteiger partial charge in [0.15, 0.2) is 0 Å². The molecule has 0 aliphatic carbocycles. The molecule has 2 atom stereocenters. The van der Waals surface area contributed by atoms with Crippen molar-refractivity contribution in [2.24, 2.45) is 0 Å². The van der Waals surface area contributed by atoms with E-state index >= 15 is 0 Å². The Morgan fingerprint density at radius 3 is 2.55 bits per heavy atom. The van der Waals surface area contributed by atoms with Crippen LogP contribution in [0.3, 0.4) is 0 Å². The number of amides is 1. The third-order valence-electron chi connectivity index (χ3n) is 4.09. The van der Waals surface area contributed by atoms with Crippen LogP contribution < -0.4 is 0 Å². The molecule has 0 radical (unpaired) electrons. The minimum absolute atomic E-state index is 0.127. The molecule has 1 aromatic rings. The van der Waals surface area contributed by atoms with Crippen molar-refractivity contribution in [3.05, 3.63) is 17.1 Å². The van der Waals surface area contributed by atoms with Crippen molar-refractivity contribution in [1.29, 1.82) is 5.26 Å². The Bertz CT molecular complexity index is 601. The first-order chi connectivity index (χ1) is 10.4. The summed E-state index contributed by atoms with van der Waals surface area (Å²) in [5.74, 6) is 1.08. The first kappa shape index (κ1) is 16.8. The summed E-state index contributed by atoms with van der Waals surface area (Å²) in [5.41, 5.74) is 1.15. The maximum atomic E-state index is 12.5. The van der Waals surface area contributed by atoms with Crippen LogP contribution in [0.4, 0.5) is 0 Å². The average Bonchev–Trinajstić information content (AvgIpc) is 2.44. The van der Waals surface area contributed by atoms with E-state index in [2.05, 4.69) is 29.9 Å². The highest BCUT2D eigenvalue weighted by molar-refractivity contribution is 8.00. The smallest absolute Gasteiger partial charge is 0.233 e. The molecule has 5 nitrogen and oxygen atoms in total. The summed E-state index contributed by atoms with van der Waals surface area (Å²) in [6.07, 6.45) is 3.31. The van der Waals surface area contributed by atoms with Gasteiger partial charge in [0.25, 0.3) is 0 Å². The van der Waals surface area contributed by atoms with Crippen LogP contribution in [0.15, 0.2) is 5.03 Å². The fraction of sp³-hybridized carbons (Fsp3) is 0.625. The number of aromatic nitrogens is 2. The average molecular weight is 318 g/mol. The Morgan fingerprint density at radius 1 is 1.32 bits per heavy atom. The lowest BCUT2D eigenvalue weighted by Crippen LogP contribution is -2.48. The molecule has 0 saturated carbocycles. The Morgan fingerprint density at radius 2 is 1.95 bits per heavy atom. The van der Waals surface area contributed by atoms with E-state index in [1.54, 1.807) is 13.8 Å². The lowest BCUT2D eigenvalue weighted by atomic mass is 9.98. The lowest BCUT2D eigenvalue weighted by Gasteiger charge is -2.39. The largest absolute Gasteiger partial charge is 0.337 e. The van der Waals surface area contributed by atoms with Gasteiger partial charge in [-0.2, -0.15) is 5.26 Å². The minimum Gasteiger partial charge on any atom is -0.337 e. The van der Waals surface area contributed by atoms with Crippen LogP contribution in [0.25, 0.3) is 0 Å². The molecule has 1 fully saturated rings. The number of nitriles is 1. The summed E-state index contributed by atoms with van der Waals surface area (Å²) in [4.78, 5) is 23.1. The van der Waals surface area contributed by atoms with E-state index < -0.39 is 0 Å². The second-order valence-corrected chi connectivity index (χ2v) is 6.83. The summed E-state index contributed by atoms with van der Waals surface area (Å²) in [6.45, 7) is 7.82. The van der Waals surface area contributed by atoms with E-state index in [0.29, 0.717) is 39.9 Å². The van der Waals surface area contributed by atoms with E-state index in [4.69, 9.17) is 0 Å². The third kappa shape index (κ3) is 3.58. The Kier molecular flexibility index (Phi) is 5.41. The monoisotopic (exact) mass is 318 g/mol. The first-order valence-electron chi connectivity index (χ1n) is 7.63. The highest BCUT2D eigenvalue weighted by atomic mass is 32.2. The van der Waals surface area contributed by atoms with Gasteiger partial charge in [-0.05, 0) is 47.0 Å². The molecule has 1 amide bonds. The molecule has 1 aliphatic rings. The molecule has 0 aromatic carbocycles. The molecule has 118 valence electrons. The Hall–Kier alpha value is -1.61. The second-order valence-electron chi connectivity index (χ2n) is 5.87. The number of hydrogen-bond acceptors (Lipinski definition) is 5. The van der Waals surface area contributed by atoms with Crippen LogP contribution in [0.2, 0.25) is 0 Å². The summed E-state index contributed by atoms with van der Waals surface area (Å²) in [6, 6.07) is 2.73. The number of carbonyl (C=O) groups is 1. The fourth-order valence-electron chi connectivity index (χ4n) is 3.03. The topological polar surface area (TPSA) is 69.9 Å². The molecule has 0 spiro atoms. The molecule has 1 aliphatic heterocycles. The lowest BCUT2D eigenvalue weighted by molar-refractivity contribution is -0.134. The van der Waals surface area contributed by atoms with E-state index in [9.17, 15) is 10.1 Å². The van der Waals surface area contributed by atoms with E-state index in [0.717, 1.165) is 12.8 Å². The highest BCUT2D eigenvalue weighted by Crippen LogP contribution is 2.26. The van der Waals surface area contributed by atoms with Crippen LogP contribution in [0.5, 0.6) is 0 Å². The third-order valence-corrected chi connectivity index (χ3v) is 5.05. The van der Waals surface area contributed by atoms with Gasteiger partial charge >= 0.3 is 0 Å². The molecule has 2 unspecified atom stereocenters. The van der Waals surface area contributed by atoms with Gasteiger partial charge in [-0.15, -0.1) is 0 Å². The number of hydrogen-bond donors (Lipinski definition) is 0. The van der Waals surface area contributed by atoms with Crippen molar-refractivity contribution in [2.45, 2.75) is 64.1 Å². The molecule has 2 heterocycles. The zero-order chi connectivity index (χ0) is 16.3. The van der Waals surface area contributed by atoms with E-state index in [1.807, 2.05) is 4.90 Å². The van der Waals surface area contributed by atoms with Crippen molar-refractivity contribution in [3.8, 4) is 6.07 Å². The number of thioether (sulfide) groups is 1. The molecular formula is C16H22N4OS. The van der Waals surface area contributed by atoms with Gasteiger partial charge < -0.3 is 4.90 Å². The number of piperidine rings is 1. The predicted octanol–water partition coefficient (Wildman–Crippen LogP) is 2.85. The number of rotatable bonds is 3. The molecule has 6 heteroatoms. The van der Waals surface area contributed by atoms with Crippen molar-refractivity contribution >= 4 is 17.7 Å². The zero-order valence-corrected chi connectivity index (χ0v) is 14.4. The van der Waals surface area contributed by atoms with Crippen LogP contribution in [-0.2, 0) is 4.79 Å². The summed E-state index contributed by atoms with van der Waals surface area (Å²) >= 11 is 1.34. The Balaban J connectivity index is 2.10. The molecule has 1 saturated heterocycles. The standard InChI is InChI=1S/C16H22N4OS/c1-10-6-5-7-11(2)20(10)15(21)9-22-16-14(8-17)12(3)18-13(4)19-16/h10-11H,5-7,9H2,1-4H3. The zero-order valence-electron chi connectivity index (χ0n) is 13.6.